The Hall–Kier alpha value is -2.56. The van der Waals surface area contributed by atoms with E-state index in [2.05, 4.69) is 9.97 Å². The van der Waals surface area contributed by atoms with E-state index in [0.29, 0.717) is 23.9 Å². The zero-order valence-corrected chi connectivity index (χ0v) is 13.5. The van der Waals surface area contributed by atoms with Crippen molar-refractivity contribution >= 4 is 27.7 Å². The van der Waals surface area contributed by atoms with Crippen LogP contribution >= 0.6 is 0 Å². The van der Waals surface area contributed by atoms with Crippen LogP contribution in [0, 0.1) is 5.92 Å². The van der Waals surface area contributed by atoms with Crippen LogP contribution in [0.15, 0.2) is 30.3 Å². The van der Waals surface area contributed by atoms with E-state index in [0.717, 1.165) is 16.3 Å². The predicted octanol–water partition coefficient (Wildman–Crippen LogP) is 3.77. The fourth-order valence-electron chi connectivity index (χ4n) is 3.63. The van der Waals surface area contributed by atoms with E-state index in [1.54, 1.807) is 0 Å². The summed E-state index contributed by atoms with van der Waals surface area (Å²) < 4.78 is 5.93. The summed E-state index contributed by atoms with van der Waals surface area (Å²) in [6.45, 7) is 0.652. The van der Waals surface area contributed by atoms with Crippen molar-refractivity contribution in [2.75, 3.05) is 6.61 Å². The van der Waals surface area contributed by atoms with E-state index in [1.165, 1.54) is 32.1 Å². The van der Waals surface area contributed by atoms with Gasteiger partial charge in [-0.3, -0.25) is 4.79 Å². The smallest absolute Gasteiger partial charge is 0.269 e. The second kappa shape index (κ2) is 6.15. The Morgan fingerprint density at radius 3 is 2.79 bits per heavy atom. The maximum absolute atomic E-state index is 11.8. The van der Waals surface area contributed by atoms with Gasteiger partial charge in [0.15, 0.2) is 5.69 Å². The Morgan fingerprint density at radius 2 is 2.00 bits per heavy atom. The summed E-state index contributed by atoms with van der Waals surface area (Å²) in [7, 11) is 0. The number of nitrogens with zero attached hydrogens (tertiary/aromatic N) is 1. The van der Waals surface area contributed by atoms with Crippen LogP contribution in [0.25, 0.3) is 21.8 Å². The average Bonchev–Trinajstić information content (AvgIpc) is 2.98. The number of aromatic amines is 1. The third-order valence-electron chi connectivity index (χ3n) is 4.90. The topological polar surface area (TPSA) is 81.0 Å². The van der Waals surface area contributed by atoms with Crippen LogP contribution in [-0.4, -0.2) is 22.5 Å². The van der Waals surface area contributed by atoms with Crippen LogP contribution in [0.3, 0.4) is 0 Å². The van der Waals surface area contributed by atoms with Crippen molar-refractivity contribution in [3.8, 4) is 5.88 Å². The highest BCUT2D eigenvalue weighted by Crippen LogP contribution is 2.30. The van der Waals surface area contributed by atoms with Crippen molar-refractivity contribution in [1.29, 1.82) is 0 Å². The lowest BCUT2D eigenvalue weighted by Gasteiger charge is -2.21. The number of para-hydroxylation sites is 1. The first-order chi connectivity index (χ1) is 11.7. The molecule has 24 heavy (non-hydrogen) atoms. The van der Waals surface area contributed by atoms with E-state index >= 15 is 0 Å². The minimum absolute atomic E-state index is 0.238. The van der Waals surface area contributed by atoms with Gasteiger partial charge in [-0.05, 0) is 24.8 Å². The van der Waals surface area contributed by atoms with Gasteiger partial charge in [0.2, 0.25) is 5.88 Å². The second-order valence-electron chi connectivity index (χ2n) is 6.58. The number of amides is 1. The molecule has 2 aromatic heterocycles. The highest BCUT2D eigenvalue weighted by molar-refractivity contribution is 6.13. The number of hydrogen-bond acceptors (Lipinski definition) is 3. The zero-order chi connectivity index (χ0) is 16.5. The van der Waals surface area contributed by atoms with Crippen LogP contribution in [0.2, 0.25) is 0 Å². The first-order valence-electron chi connectivity index (χ1n) is 8.56. The largest absolute Gasteiger partial charge is 0.477 e. The van der Waals surface area contributed by atoms with Crippen molar-refractivity contribution in [2.24, 2.45) is 11.7 Å². The van der Waals surface area contributed by atoms with Crippen molar-refractivity contribution in [3.63, 3.8) is 0 Å². The van der Waals surface area contributed by atoms with Gasteiger partial charge >= 0.3 is 0 Å². The number of rotatable bonds is 4. The lowest BCUT2D eigenvalue weighted by Crippen LogP contribution is -2.17. The van der Waals surface area contributed by atoms with Crippen LogP contribution in [0.4, 0.5) is 0 Å². The molecule has 1 aromatic carbocycles. The van der Waals surface area contributed by atoms with Gasteiger partial charge in [0.25, 0.3) is 5.91 Å². The van der Waals surface area contributed by atoms with Crippen molar-refractivity contribution in [1.82, 2.24) is 9.97 Å². The highest BCUT2D eigenvalue weighted by atomic mass is 16.5. The molecule has 0 atom stereocenters. The van der Waals surface area contributed by atoms with E-state index < -0.39 is 5.91 Å². The van der Waals surface area contributed by atoms with Gasteiger partial charge in [-0.25, -0.2) is 4.98 Å². The number of fused-ring (bicyclic) bond motifs is 3. The number of nitrogens with two attached hydrogens (primary N) is 1. The summed E-state index contributed by atoms with van der Waals surface area (Å²) in [6, 6.07) is 9.83. The van der Waals surface area contributed by atoms with Crippen LogP contribution in [-0.2, 0) is 0 Å². The minimum Gasteiger partial charge on any atom is -0.477 e. The number of H-pyrrole nitrogens is 1. The van der Waals surface area contributed by atoms with E-state index in [9.17, 15) is 4.79 Å². The predicted molar refractivity (Wildman–Crippen MR) is 94.2 cm³/mol. The Morgan fingerprint density at radius 1 is 1.21 bits per heavy atom. The first kappa shape index (κ1) is 15.0. The lowest BCUT2D eigenvalue weighted by molar-refractivity contribution is 0.0995. The van der Waals surface area contributed by atoms with Crippen LogP contribution in [0.1, 0.15) is 42.6 Å². The molecule has 2 heterocycles. The maximum Gasteiger partial charge on any atom is 0.269 e. The minimum atomic E-state index is -0.547. The number of benzene rings is 1. The molecule has 4 rings (SSSR count). The molecule has 3 N–H and O–H groups in total. The number of primary amides is 1. The number of nitrogens with one attached hydrogen (secondary N) is 1. The molecule has 1 aliphatic carbocycles. The fraction of sp³-hybridized carbons (Fsp3) is 0.368. The van der Waals surface area contributed by atoms with Gasteiger partial charge in [0, 0.05) is 22.4 Å². The standard InChI is InChI=1S/C19H21N3O2/c20-19(23)18-17-14(13-8-4-5-9-15(13)21-17)10-16(22-18)24-11-12-6-2-1-3-7-12/h4-5,8-10,12,21H,1-3,6-7,11H2,(H2,20,23). The fourth-order valence-corrected chi connectivity index (χ4v) is 3.63. The van der Waals surface area contributed by atoms with Gasteiger partial charge in [-0.1, -0.05) is 37.5 Å². The quantitative estimate of drug-likeness (QED) is 0.767. The first-order valence-corrected chi connectivity index (χ1v) is 8.56. The number of pyridine rings is 1. The second-order valence-corrected chi connectivity index (χ2v) is 6.58. The van der Waals surface area contributed by atoms with E-state index in [-0.39, 0.29) is 5.69 Å². The van der Waals surface area contributed by atoms with E-state index in [4.69, 9.17) is 10.5 Å². The molecule has 5 heteroatoms. The third kappa shape index (κ3) is 2.70. The highest BCUT2D eigenvalue weighted by Gasteiger charge is 2.18. The summed E-state index contributed by atoms with van der Waals surface area (Å²) in [5.41, 5.74) is 7.41. The zero-order valence-electron chi connectivity index (χ0n) is 13.5. The van der Waals surface area contributed by atoms with Crippen LogP contribution < -0.4 is 10.5 Å². The Bertz CT molecular complexity index is 894. The SMILES string of the molecule is NC(=O)c1nc(OCC2CCCCC2)cc2c1[nH]c1ccccc12. The summed E-state index contributed by atoms with van der Waals surface area (Å²) in [6.07, 6.45) is 6.28. The summed E-state index contributed by atoms with van der Waals surface area (Å²) in [5.74, 6) is 0.512. The lowest BCUT2D eigenvalue weighted by atomic mass is 9.90. The number of hydrogen-bond donors (Lipinski definition) is 2. The average molecular weight is 323 g/mol. The molecule has 1 amide bonds. The summed E-state index contributed by atoms with van der Waals surface area (Å²) >= 11 is 0. The summed E-state index contributed by atoms with van der Waals surface area (Å²) in [5, 5.41) is 1.97. The normalized spacial score (nSPS) is 15.8. The molecule has 0 bridgehead atoms. The number of ether oxygens (including phenoxy) is 1. The number of aromatic nitrogens is 2. The van der Waals surface area contributed by atoms with Crippen molar-refractivity contribution in [2.45, 2.75) is 32.1 Å². The van der Waals surface area contributed by atoms with Gasteiger partial charge in [-0.2, -0.15) is 0 Å². The maximum atomic E-state index is 11.8. The van der Waals surface area contributed by atoms with Gasteiger partial charge in [0.05, 0.1) is 12.1 Å². The monoisotopic (exact) mass is 323 g/mol. The van der Waals surface area contributed by atoms with Crippen molar-refractivity contribution in [3.05, 3.63) is 36.0 Å². The molecule has 0 aliphatic heterocycles. The third-order valence-corrected chi connectivity index (χ3v) is 4.90. The molecule has 1 aliphatic rings. The molecule has 1 fully saturated rings. The molecular formula is C19H21N3O2. The van der Waals surface area contributed by atoms with Gasteiger partial charge < -0.3 is 15.5 Å². The molecule has 124 valence electrons. The molecule has 0 saturated heterocycles. The molecule has 0 radical (unpaired) electrons. The molecule has 0 spiro atoms. The molecule has 1 saturated carbocycles. The number of carbonyl (C=O) groups is 1. The molecule has 0 unspecified atom stereocenters. The summed E-state index contributed by atoms with van der Waals surface area (Å²) in [4.78, 5) is 19.4. The Balaban J connectivity index is 1.72. The van der Waals surface area contributed by atoms with Crippen LogP contribution in [0.5, 0.6) is 5.88 Å². The van der Waals surface area contributed by atoms with Gasteiger partial charge in [0.1, 0.15) is 0 Å². The Labute approximate surface area is 140 Å². The van der Waals surface area contributed by atoms with Gasteiger partial charge in [-0.15, -0.1) is 0 Å². The Kier molecular flexibility index (Phi) is 3.84. The molecular weight excluding hydrogens is 302 g/mol. The van der Waals surface area contributed by atoms with Crippen molar-refractivity contribution < 1.29 is 9.53 Å². The number of carbonyl (C=O) groups excluding carboxylic acids is 1. The molecule has 5 nitrogen and oxygen atoms in total. The molecule has 3 aromatic rings. The van der Waals surface area contributed by atoms with E-state index in [1.807, 2.05) is 30.3 Å².